The number of nitrogens with zero attached hydrogens (tertiary/aromatic N) is 2. The van der Waals surface area contributed by atoms with E-state index in [4.69, 9.17) is 0 Å². The highest BCUT2D eigenvalue weighted by Crippen LogP contribution is 2.43. The van der Waals surface area contributed by atoms with E-state index >= 15 is 0 Å². The Kier molecular flexibility index (Phi) is 17.7. The maximum absolute atomic E-state index is 2.58. The van der Waals surface area contributed by atoms with Crippen molar-refractivity contribution in [2.24, 2.45) is 0 Å². The van der Waals surface area contributed by atoms with Crippen LogP contribution in [0.2, 0.25) is 0 Å². The lowest BCUT2D eigenvalue weighted by atomic mass is 9.86. The zero-order chi connectivity index (χ0) is 54.8. The van der Waals surface area contributed by atoms with Crippen LogP contribution in [-0.4, -0.2) is 0 Å². The van der Waals surface area contributed by atoms with Gasteiger partial charge in [-0.15, -0.1) is 0 Å². The molecule has 0 heterocycles. The Morgan fingerprint density at radius 2 is 0.603 bits per heavy atom. The number of hydrogen-bond donors (Lipinski definition) is 0. The zero-order valence-electron chi connectivity index (χ0n) is 48.6. The maximum Gasteiger partial charge on any atom is 0.0464 e. The second-order valence-corrected chi connectivity index (χ2v) is 23.9. The van der Waals surface area contributed by atoms with Crippen LogP contribution < -0.4 is 9.80 Å². The predicted octanol–water partition coefficient (Wildman–Crippen LogP) is 22.8. The third-order valence-corrected chi connectivity index (χ3v) is 15.9. The largest absolute Gasteiger partial charge is 0.310 e. The third-order valence-electron chi connectivity index (χ3n) is 15.9. The van der Waals surface area contributed by atoms with E-state index in [1.807, 2.05) is 0 Å². The van der Waals surface area contributed by atoms with Crippen LogP contribution in [0.4, 0.5) is 34.1 Å². The molecule has 0 saturated carbocycles. The first-order valence-corrected chi connectivity index (χ1v) is 29.2. The van der Waals surface area contributed by atoms with E-state index in [1.54, 1.807) is 0 Å². The molecule has 398 valence electrons. The van der Waals surface area contributed by atoms with Crippen molar-refractivity contribution in [1.29, 1.82) is 0 Å². The SMILES string of the molecule is CCCCCCc1cc(-c2ccc(N(c3ccc(C(C)(C)C)cc3)c3ccc(-c4ccccc4)c(C)c3)cc2)c(CCCCCC)cc1-c1ccc(N(c2ccc(C(C)(C)C)cc2)c2ccc(-c3ccccc3)c(C)c2)cc1. The monoisotopic (exact) mass is 1020 g/mol. The van der Waals surface area contributed by atoms with E-state index in [9.17, 15) is 0 Å². The molecule has 0 spiro atoms. The highest BCUT2D eigenvalue weighted by molar-refractivity contribution is 5.85. The van der Waals surface area contributed by atoms with Crippen molar-refractivity contribution < 1.29 is 0 Å². The average molecular weight is 1030 g/mol. The second kappa shape index (κ2) is 24.9. The number of hydrogen-bond acceptors (Lipinski definition) is 2. The van der Waals surface area contributed by atoms with Crippen molar-refractivity contribution in [3.8, 4) is 44.5 Å². The first-order valence-electron chi connectivity index (χ1n) is 29.2. The third kappa shape index (κ3) is 13.1. The van der Waals surface area contributed by atoms with Crippen molar-refractivity contribution in [2.45, 2.75) is 144 Å². The van der Waals surface area contributed by atoms with Gasteiger partial charge in [0.2, 0.25) is 0 Å². The van der Waals surface area contributed by atoms with Gasteiger partial charge in [-0.25, -0.2) is 0 Å². The van der Waals surface area contributed by atoms with Gasteiger partial charge in [0.1, 0.15) is 0 Å². The van der Waals surface area contributed by atoms with Crippen LogP contribution in [0.25, 0.3) is 44.5 Å². The molecule has 0 aliphatic carbocycles. The molecule has 0 atom stereocenters. The van der Waals surface area contributed by atoms with Crippen molar-refractivity contribution in [1.82, 2.24) is 0 Å². The Labute approximate surface area is 469 Å². The van der Waals surface area contributed by atoms with Crippen LogP contribution in [-0.2, 0) is 23.7 Å². The Morgan fingerprint density at radius 1 is 0.295 bits per heavy atom. The highest BCUT2D eigenvalue weighted by Gasteiger charge is 2.22. The van der Waals surface area contributed by atoms with Crippen molar-refractivity contribution in [3.63, 3.8) is 0 Å². The van der Waals surface area contributed by atoms with E-state index in [0.717, 1.165) is 47.0 Å². The average Bonchev–Trinajstić information content (AvgIpc) is 3.45. The minimum absolute atomic E-state index is 0.0669. The smallest absolute Gasteiger partial charge is 0.0464 e. The second-order valence-electron chi connectivity index (χ2n) is 23.9. The summed E-state index contributed by atoms with van der Waals surface area (Å²) < 4.78 is 0. The molecule has 0 bridgehead atoms. The molecule has 9 aromatic rings. The zero-order valence-corrected chi connectivity index (χ0v) is 48.6. The van der Waals surface area contributed by atoms with E-state index in [1.165, 1.54) is 129 Å². The highest BCUT2D eigenvalue weighted by atomic mass is 15.1. The fourth-order valence-electron chi connectivity index (χ4n) is 11.3. The van der Waals surface area contributed by atoms with Crippen LogP contribution in [0.1, 0.15) is 140 Å². The Balaban J connectivity index is 1.11. The fourth-order valence-corrected chi connectivity index (χ4v) is 11.3. The molecule has 78 heavy (non-hydrogen) atoms. The topological polar surface area (TPSA) is 6.48 Å². The molecule has 0 aliphatic heterocycles. The Bertz CT molecular complexity index is 3120. The van der Waals surface area contributed by atoms with Gasteiger partial charge in [0.15, 0.2) is 0 Å². The summed E-state index contributed by atoms with van der Waals surface area (Å²) in [4.78, 5) is 4.86. The molecule has 0 aliphatic rings. The van der Waals surface area contributed by atoms with E-state index in [0.29, 0.717) is 0 Å². The lowest BCUT2D eigenvalue weighted by molar-refractivity contribution is 0.590. The normalized spacial score (nSPS) is 11.7. The summed E-state index contributed by atoms with van der Waals surface area (Å²) >= 11 is 0. The number of aryl methyl sites for hydroxylation is 4. The number of benzene rings is 9. The summed E-state index contributed by atoms with van der Waals surface area (Å²) in [6.45, 7) is 22.8. The summed E-state index contributed by atoms with van der Waals surface area (Å²) in [7, 11) is 0. The molecule has 2 heteroatoms. The van der Waals surface area contributed by atoms with Gasteiger partial charge in [0.25, 0.3) is 0 Å². The minimum atomic E-state index is 0.0669. The fraction of sp³-hybridized carbons (Fsp3) is 0.289. The molecular formula is C76H84N2. The molecule has 0 unspecified atom stereocenters. The van der Waals surface area contributed by atoms with Crippen molar-refractivity contribution >= 4 is 34.1 Å². The molecule has 0 amide bonds. The van der Waals surface area contributed by atoms with Crippen LogP contribution in [0, 0.1) is 13.8 Å². The molecular weight excluding hydrogens is 941 g/mol. The lowest BCUT2D eigenvalue weighted by Gasteiger charge is -2.28. The summed E-state index contributed by atoms with van der Waals surface area (Å²) in [5.41, 5.74) is 25.4. The van der Waals surface area contributed by atoms with Crippen molar-refractivity contribution in [2.75, 3.05) is 9.80 Å². The van der Waals surface area contributed by atoms with Crippen LogP contribution in [0.3, 0.4) is 0 Å². The summed E-state index contributed by atoms with van der Waals surface area (Å²) in [5.74, 6) is 0. The van der Waals surface area contributed by atoms with Gasteiger partial charge in [-0.2, -0.15) is 0 Å². The van der Waals surface area contributed by atoms with E-state index < -0.39 is 0 Å². The van der Waals surface area contributed by atoms with Gasteiger partial charge < -0.3 is 9.80 Å². The summed E-state index contributed by atoms with van der Waals surface area (Å²) in [6.07, 6.45) is 11.9. The van der Waals surface area contributed by atoms with Gasteiger partial charge in [0, 0.05) is 34.1 Å². The standard InChI is InChI=1S/C76H84N2/c1-11-13-15-19-29-61-53-74(60-33-41-66(42-34-60)78(68-45-37-64(38-46-68)76(8,9)10)70-48-50-72(56(4)52-70)58-27-23-18-24-28-58)62(30-20-16-14-12-2)54-73(61)59-31-39-65(40-32-59)77(67-43-35-63(36-44-67)75(5,6)7)69-47-49-71(55(3)51-69)57-25-21-17-22-26-57/h17-18,21-28,31-54H,11-16,19-20,29-30H2,1-10H3. The molecule has 0 aromatic heterocycles. The molecule has 9 aromatic carbocycles. The van der Waals surface area contributed by atoms with Crippen molar-refractivity contribution in [3.05, 3.63) is 240 Å². The summed E-state index contributed by atoms with van der Waals surface area (Å²) in [6, 6.07) is 77.8. The van der Waals surface area contributed by atoms with Gasteiger partial charge in [-0.3, -0.25) is 0 Å². The molecule has 0 radical (unpaired) electrons. The molecule has 0 saturated heterocycles. The van der Waals surface area contributed by atoms with Gasteiger partial charge in [-0.05, 0) is 201 Å². The number of rotatable bonds is 20. The van der Waals surface area contributed by atoms with Crippen LogP contribution in [0.15, 0.2) is 206 Å². The summed E-state index contributed by atoms with van der Waals surface area (Å²) in [5, 5.41) is 0. The van der Waals surface area contributed by atoms with E-state index in [-0.39, 0.29) is 10.8 Å². The minimum Gasteiger partial charge on any atom is -0.310 e. The lowest BCUT2D eigenvalue weighted by Crippen LogP contribution is -2.13. The Morgan fingerprint density at radius 3 is 0.910 bits per heavy atom. The van der Waals surface area contributed by atoms with Gasteiger partial charge in [-0.1, -0.05) is 227 Å². The number of anilines is 6. The maximum atomic E-state index is 2.58. The molecule has 2 nitrogen and oxygen atoms in total. The quantitative estimate of drug-likeness (QED) is 0.0702. The first kappa shape index (κ1) is 55.3. The van der Waals surface area contributed by atoms with Gasteiger partial charge >= 0.3 is 0 Å². The molecule has 9 rings (SSSR count). The molecule has 0 N–H and O–H groups in total. The van der Waals surface area contributed by atoms with E-state index in [2.05, 4.69) is 285 Å². The van der Waals surface area contributed by atoms with Gasteiger partial charge in [0.05, 0.1) is 0 Å². The Hall–Kier alpha value is -7.42. The first-order chi connectivity index (χ1) is 37.7. The van der Waals surface area contributed by atoms with Crippen LogP contribution >= 0.6 is 0 Å². The van der Waals surface area contributed by atoms with Crippen LogP contribution in [0.5, 0.6) is 0 Å². The molecule has 0 fully saturated rings. The predicted molar refractivity (Wildman–Crippen MR) is 340 cm³/mol. The number of unbranched alkanes of at least 4 members (excludes halogenated alkanes) is 6.